The molecule has 2 aromatic carbocycles. The van der Waals surface area contributed by atoms with E-state index in [0.717, 1.165) is 17.8 Å². The zero-order valence-corrected chi connectivity index (χ0v) is 16.6. The van der Waals surface area contributed by atoms with Crippen LogP contribution in [-0.2, 0) is 14.8 Å². The first-order valence-electron chi connectivity index (χ1n) is 8.88. The summed E-state index contributed by atoms with van der Waals surface area (Å²) in [5, 5.41) is 2.60. The number of likely N-dealkylation sites (tertiary alicyclic amines) is 1. The second kappa shape index (κ2) is 9.00. The fourth-order valence-corrected chi connectivity index (χ4v) is 4.64. The van der Waals surface area contributed by atoms with Gasteiger partial charge in [-0.15, -0.1) is 0 Å². The lowest BCUT2D eigenvalue weighted by Crippen LogP contribution is -2.46. The lowest BCUT2D eigenvalue weighted by atomic mass is 10.1. The lowest BCUT2D eigenvalue weighted by Gasteiger charge is -2.31. The summed E-state index contributed by atoms with van der Waals surface area (Å²) in [6.45, 7) is 1.45. The predicted molar refractivity (Wildman–Crippen MR) is 106 cm³/mol. The normalized spacial score (nSPS) is 16.1. The number of hydrogen-bond acceptors (Lipinski definition) is 4. The minimum absolute atomic E-state index is 0.0661. The smallest absolute Gasteiger partial charge is 0.240 e. The van der Waals surface area contributed by atoms with Gasteiger partial charge in [-0.3, -0.25) is 9.69 Å². The van der Waals surface area contributed by atoms with Crippen LogP contribution in [0.15, 0.2) is 53.4 Å². The molecule has 1 amide bonds. The number of carbonyl (C=O) groups is 1. The van der Waals surface area contributed by atoms with Gasteiger partial charge in [0.2, 0.25) is 15.9 Å². The number of anilines is 1. The maximum atomic E-state index is 13.2. The van der Waals surface area contributed by atoms with E-state index >= 15 is 0 Å². The van der Waals surface area contributed by atoms with Crippen LogP contribution in [0.2, 0.25) is 5.02 Å². The molecular formula is C19H21ClFN3O3S. The number of para-hydroxylation sites is 1. The second-order valence-corrected chi connectivity index (χ2v) is 8.78. The SMILES string of the molecule is O=C(CN1CCC(NS(=O)(=O)c2ccc(F)c(Cl)c2)CC1)Nc1ccccc1. The van der Waals surface area contributed by atoms with Crippen LogP contribution in [0.4, 0.5) is 10.1 Å². The summed E-state index contributed by atoms with van der Waals surface area (Å²) in [4.78, 5) is 14.0. The molecule has 150 valence electrons. The number of nitrogens with zero attached hydrogens (tertiary/aromatic N) is 1. The van der Waals surface area contributed by atoms with E-state index in [2.05, 4.69) is 10.0 Å². The number of nitrogens with one attached hydrogen (secondary N) is 2. The molecule has 0 spiro atoms. The summed E-state index contributed by atoms with van der Waals surface area (Å²) in [7, 11) is -3.78. The third-order valence-corrected chi connectivity index (χ3v) is 6.34. The summed E-state index contributed by atoms with van der Waals surface area (Å²) in [6, 6.07) is 12.3. The highest BCUT2D eigenvalue weighted by Gasteiger charge is 2.26. The molecule has 0 bridgehead atoms. The van der Waals surface area contributed by atoms with Crippen LogP contribution in [0.3, 0.4) is 0 Å². The second-order valence-electron chi connectivity index (χ2n) is 6.66. The highest BCUT2D eigenvalue weighted by atomic mass is 35.5. The predicted octanol–water partition coefficient (Wildman–Crippen LogP) is 2.86. The Morgan fingerprint density at radius 2 is 1.82 bits per heavy atom. The number of halogens is 2. The summed E-state index contributed by atoms with van der Waals surface area (Å²) >= 11 is 5.68. The Morgan fingerprint density at radius 3 is 2.46 bits per heavy atom. The molecule has 3 rings (SSSR count). The molecule has 1 aliphatic rings. The molecule has 6 nitrogen and oxygen atoms in total. The Labute approximate surface area is 168 Å². The van der Waals surface area contributed by atoms with Gasteiger partial charge in [-0.25, -0.2) is 17.5 Å². The fourth-order valence-electron chi connectivity index (χ4n) is 3.07. The van der Waals surface area contributed by atoms with Crippen LogP contribution in [0.5, 0.6) is 0 Å². The van der Waals surface area contributed by atoms with Gasteiger partial charge in [0, 0.05) is 24.8 Å². The quantitative estimate of drug-likeness (QED) is 0.746. The number of rotatable bonds is 6. The molecule has 1 aliphatic heterocycles. The molecule has 0 saturated carbocycles. The van der Waals surface area contributed by atoms with Crippen LogP contribution in [0.1, 0.15) is 12.8 Å². The number of piperidine rings is 1. The molecule has 0 unspecified atom stereocenters. The molecule has 28 heavy (non-hydrogen) atoms. The van der Waals surface area contributed by atoms with Gasteiger partial charge in [0.15, 0.2) is 0 Å². The van der Waals surface area contributed by atoms with Crippen molar-refractivity contribution in [1.29, 1.82) is 0 Å². The summed E-state index contributed by atoms with van der Waals surface area (Å²) in [5.74, 6) is -0.770. The van der Waals surface area contributed by atoms with Crippen LogP contribution < -0.4 is 10.0 Å². The largest absolute Gasteiger partial charge is 0.325 e. The van der Waals surface area contributed by atoms with Crippen LogP contribution in [0.25, 0.3) is 0 Å². The fraction of sp³-hybridized carbons (Fsp3) is 0.316. The third-order valence-electron chi connectivity index (χ3n) is 4.54. The summed E-state index contributed by atoms with van der Waals surface area (Å²) in [6.07, 6.45) is 1.15. The lowest BCUT2D eigenvalue weighted by molar-refractivity contribution is -0.117. The van der Waals surface area contributed by atoms with Crippen molar-refractivity contribution in [1.82, 2.24) is 9.62 Å². The Hall–Kier alpha value is -2.00. The highest BCUT2D eigenvalue weighted by molar-refractivity contribution is 7.89. The first-order chi connectivity index (χ1) is 13.3. The Bertz CT molecular complexity index is 933. The van der Waals surface area contributed by atoms with E-state index in [4.69, 9.17) is 11.6 Å². The maximum absolute atomic E-state index is 13.2. The summed E-state index contributed by atoms with van der Waals surface area (Å²) < 4.78 is 40.8. The van der Waals surface area contributed by atoms with Gasteiger partial charge in [-0.05, 0) is 43.2 Å². The van der Waals surface area contributed by atoms with Crippen molar-refractivity contribution in [3.8, 4) is 0 Å². The van der Waals surface area contributed by atoms with E-state index in [9.17, 15) is 17.6 Å². The van der Waals surface area contributed by atoms with Gasteiger partial charge < -0.3 is 5.32 Å². The topological polar surface area (TPSA) is 78.5 Å². The Balaban J connectivity index is 1.49. The van der Waals surface area contributed by atoms with E-state index in [1.807, 2.05) is 35.2 Å². The standard InChI is InChI=1S/C19H21ClFN3O3S/c20-17-12-16(6-7-18(17)21)28(26,27)23-15-8-10-24(11-9-15)13-19(25)22-14-4-2-1-3-5-14/h1-7,12,15,23H,8-11,13H2,(H,22,25). The molecule has 0 atom stereocenters. The van der Waals surface area contributed by atoms with Crippen LogP contribution in [0, 0.1) is 5.82 Å². The number of amides is 1. The first kappa shape index (κ1) is 20.7. The van der Waals surface area contributed by atoms with Crippen molar-refractivity contribution in [2.24, 2.45) is 0 Å². The van der Waals surface area contributed by atoms with E-state index in [0.29, 0.717) is 25.9 Å². The van der Waals surface area contributed by atoms with Gasteiger partial charge in [0.25, 0.3) is 0 Å². The molecule has 1 saturated heterocycles. The van der Waals surface area contributed by atoms with E-state index in [-0.39, 0.29) is 28.4 Å². The number of sulfonamides is 1. The highest BCUT2D eigenvalue weighted by Crippen LogP contribution is 2.21. The maximum Gasteiger partial charge on any atom is 0.240 e. The van der Waals surface area contributed by atoms with Gasteiger partial charge in [-0.1, -0.05) is 29.8 Å². The molecule has 2 aromatic rings. The first-order valence-corrected chi connectivity index (χ1v) is 10.7. The number of hydrogen-bond donors (Lipinski definition) is 2. The van der Waals surface area contributed by atoms with Crippen LogP contribution >= 0.6 is 11.6 Å². The number of carbonyl (C=O) groups excluding carboxylic acids is 1. The van der Waals surface area contributed by atoms with E-state index < -0.39 is 15.8 Å². The molecule has 2 N–H and O–H groups in total. The van der Waals surface area contributed by atoms with Crippen molar-refractivity contribution < 1.29 is 17.6 Å². The Kier molecular flexibility index (Phi) is 6.66. The number of benzene rings is 2. The zero-order chi connectivity index (χ0) is 20.1. The molecule has 0 aromatic heterocycles. The average Bonchev–Trinajstić information content (AvgIpc) is 2.66. The molecular weight excluding hydrogens is 405 g/mol. The van der Waals surface area contributed by atoms with Gasteiger partial charge in [0.1, 0.15) is 5.82 Å². The van der Waals surface area contributed by atoms with Gasteiger partial charge in [0.05, 0.1) is 16.5 Å². The van der Waals surface area contributed by atoms with Gasteiger partial charge >= 0.3 is 0 Å². The molecule has 0 radical (unpaired) electrons. The van der Waals surface area contributed by atoms with Crippen molar-refractivity contribution in [2.75, 3.05) is 25.0 Å². The monoisotopic (exact) mass is 425 g/mol. The third kappa shape index (κ3) is 5.51. The zero-order valence-electron chi connectivity index (χ0n) is 15.1. The average molecular weight is 426 g/mol. The van der Waals surface area contributed by atoms with Crippen molar-refractivity contribution in [3.05, 3.63) is 59.4 Å². The van der Waals surface area contributed by atoms with Gasteiger partial charge in [-0.2, -0.15) is 0 Å². The van der Waals surface area contributed by atoms with Crippen LogP contribution in [-0.4, -0.2) is 44.9 Å². The molecule has 0 aliphatic carbocycles. The minimum atomic E-state index is -3.78. The molecule has 9 heteroatoms. The van der Waals surface area contributed by atoms with E-state index in [1.54, 1.807) is 0 Å². The van der Waals surface area contributed by atoms with Crippen molar-refractivity contribution >= 4 is 33.2 Å². The summed E-state index contributed by atoms with van der Waals surface area (Å²) in [5.41, 5.74) is 0.744. The molecule has 1 fully saturated rings. The van der Waals surface area contributed by atoms with Crippen molar-refractivity contribution in [3.63, 3.8) is 0 Å². The Morgan fingerprint density at radius 1 is 1.14 bits per heavy atom. The molecule has 1 heterocycles. The van der Waals surface area contributed by atoms with E-state index in [1.165, 1.54) is 6.07 Å². The van der Waals surface area contributed by atoms with Crippen molar-refractivity contribution in [2.45, 2.75) is 23.8 Å². The minimum Gasteiger partial charge on any atom is -0.325 e.